The fourth-order valence-electron chi connectivity index (χ4n) is 1.80. The van der Waals surface area contributed by atoms with Gasteiger partial charge in [0.25, 0.3) is 0 Å². The smallest absolute Gasteiger partial charge is 0.109 e. The lowest BCUT2D eigenvalue weighted by molar-refractivity contribution is 0.425. The first-order valence-corrected chi connectivity index (χ1v) is 6.51. The molecule has 0 fully saturated rings. The van der Waals surface area contributed by atoms with Gasteiger partial charge < -0.3 is 5.32 Å². The number of aromatic nitrogens is 4. The zero-order valence-electron chi connectivity index (χ0n) is 11.4. The average Bonchev–Trinajstić information content (AvgIpc) is 2.99. The second-order valence-electron chi connectivity index (χ2n) is 4.79. The molecule has 2 rings (SSSR count). The van der Waals surface area contributed by atoms with E-state index in [0.717, 1.165) is 17.8 Å². The minimum atomic E-state index is -0.386. The van der Waals surface area contributed by atoms with Crippen LogP contribution < -0.4 is 5.32 Å². The number of hydrogen-bond donors (Lipinski definition) is 1. The number of alkyl halides is 1. The van der Waals surface area contributed by atoms with Crippen LogP contribution in [-0.2, 0) is 19.6 Å². The van der Waals surface area contributed by atoms with Gasteiger partial charge in [-0.15, -0.1) is 0 Å². The monoisotopic (exact) mass is 265 g/mol. The van der Waals surface area contributed by atoms with Crippen LogP contribution in [0.4, 0.5) is 4.39 Å². The van der Waals surface area contributed by atoms with E-state index in [0.29, 0.717) is 19.1 Å². The van der Waals surface area contributed by atoms with Gasteiger partial charge in [-0.05, 0) is 19.9 Å². The molecule has 0 atom stereocenters. The van der Waals surface area contributed by atoms with E-state index in [1.807, 2.05) is 23.1 Å². The molecular weight excluding hydrogens is 245 g/mol. The van der Waals surface area contributed by atoms with E-state index in [4.69, 9.17) is 0 Å². The van der Waals surface area contributed by atoms with Crippen molar-refractivity contribution >= 4 is 0 Å². The first kappa shape index (κ1) is 13.7. The van der Waals surface area contributed by atoms with Gasteiger partial charge in [-0.1, -0.05) is 0 Å². The van der Waals surface area contributed by atoms with Crippen LogP contribution in [-0.4, -0.2) is 26.2 Å². The van der Waals surface area contributed by atoms with E-state index in [1.165, 1.54) is 0 Å². The number of hydrogen-bond acceptors (Lipinski definition) is 3. The van der Waals surface area contributed by atoms with Gasteiger partial charge in [0.05, 0.1) is 18.4 Å². The summed E-state index contributed by atoms with van der Waals surface area (Å²) in [7, 11) is 0. The molecule has 1 N–H and O–H groups in total. The van der Waals surface area contributed by atoms with Crippen LogP contribution in [0.15, 0.2) is 24.7 Å². The van der Waals surface area contributed by atoms with Crippen LogP contribution in [0.2, 0.25) is 0 Å². The maximum atomic E-state index is 12.1. The summed E-state index contributed by atoms with van der Waals surface area (Å²) in [5.74, 6) is 0. The summed E-state index contributed by atoms with van der Waals surface area (Å²) in [4.78, 5) is 0. The van der Waals surface area contributed by atoms with Crippen molar-refractivity contribution < 1.29 is 4.39 Å². The van der Waals surface area contributed by atoms with Crippen molar-refractivity contribution in [3.63, 3.8) is 0 Å². The van der Waals surface area contributed by atoms with E-state index >= 15 is 0 Å². The van der Waals surface area contributed by atoms with Gasteiger partial charge in [0.1, 0.15) is 6.67 Å². The van der Waals surface area contributed by atoms with Gasteiger partial charge in [-0.3, -0.25) is 9.36 Å². The Morgan fingerprint density at radius 2 is 2.21 bits per heavy atom. The number of rotatable bonds is 7. The van der Waals surface area contributed by atoms with E-state index in [9.17, 15) is 4.39 Å². The molecule has 104 valence electrons. The van der Waals surface area contributed by atoms with Crippen molar-refractivity contribution in [2.75, 3.05) is 6.67 Å². The van der Waals surface area contributed by atoms with Crippen LogP contribution in [0.25, 0.3) is 0 Å². The Balaban J connectivity index is 1.78. The minimum Gasteiger partial charge on any atom is -0.307 e. The third-order valence-corrected chi connectivity index (χ3v) is 2.83. The standard InChI is InChI=1S/C13H20FN5/c1-11(2)19-10-12(8-16-19)7-15-9-13-3-5-18(17-13)6-4-14/h3,5,8,10-11,15H,4,6-7,9H2,1-2H3. The van der Waals surface area contributed by atoms with Gasteiger partial charge in [0.15, 0.2) is 0 Å². The molecule has 2 aromatic heterocycles. The fraction of sp³-hybridized carbons (Fsp3) is 0.538. The normalized spacial score (nSPS) is 11.4. The van der Waals surface area contributed by atoms with Crippen molar-refractivity contribution in [2.24, 2.45) is 0 Å². The average molecular weight is 265 g/mol. The molecule has 0 saturated carbocycles. The Bertz CT molecular complexity index is 503. The first-order valence-electron chi connectivity index (χ1n) is 6.51. The van der Waals surface area contributed by atoms with Crippen molar-refractivity contribution in [3.05, 3.63) is 35.9 Å². The Labute approximate surface area is 112 Å². The molecule has 0 radical (unpaired) electrons. The van der Waals surface area contributed by atoms with Gasteiger partial charge in [0, 0.05) is 37.1 Å². The summed E-state index contributed by atoms with van der Waals surface area (Å²) in [6.07, 6.45) is 5.71. The van der Waals surface area contributed by atoms with E-state index in [1.54, 1.807) is 10.9 Å². The molecule has 0 aliphatic carbocycles. The number of halogens is 1. The molecule has 2 heterocycles. The minimum absolute atomic E-state index is 0.321. The first-order chi connectivity index (χ1) is 9.19. The Hall–Kier alpha value is -1.69. The second-order valence-corrected chi connectivity index (χ2v) is 4.79. The number of aryl methyl sites for hydroxylation is 1. The summed E-state index contributed by atoms with van der Waals surface area (Å²) < 4.78 is 15.7. The molecule has 19 heavy (non-hydrogen) atoms. The quantitative estimate of drug-likeness (QED) is 0.832. The molecule has 0 aliphatic heterocycles. The van der Waals surface area contributed by atoms with Crippen LogP contribution in [0.3, 0.4) is 0 Å². The highest BCUT2D eigenvalue weighted by Gasteiger charge is 2.02. The topological polar surface area (TPSA) is 47.7 Å². The van der Waals surface area contributed by atoms with Crippen LogP contribution in [0.5, 0.6) is 0 Å². The molecular formula is C13H20FN5. The maximum Gasteiger partial charge on any atom is 0.109 e. The molecule has 6 heteroatoms. The SMILES string of the molecule is CC(C)n1cc(CNCc2ccn(CCF)n2)cn1. The summed E-state index contributed by atoms with van der Waals surface area (Å²) >= 11 is 0. The molecule has 5 nitrogen and oxygen atoms in total. The van der Waals surface area contributed by atoms with Crippen molar-refractivity contribution in [2.45, 2.75) is 39.5 Å². The summed E-state index contributed by atoms with van der Waals surface area (Å²) in [6.45, 7) is 5.56. The molecule has 0 unspecified atom stereocenters. The van der Waals surface area contributed by atoms with Crippen LogP contribution in [0.1, 0.15) is 31.1 Å². The molecule has 0 aromatic carbocycles. The predicted molar refractivity (Wildman–Crippen MR) is 71.4 cm³/mol. The van der Waals surface area contributed by atoms with Gasteiger partial charge in [0.2, 0.25) is 0 Å². The number of nitrogens with zero attached hydrogens (tertiary/aromatic N) is 4. The predicted octanol–water partition coefficient (Wildman–Crippen LogP) is 1.92. The Morgan fingerprint density at radius 3 is 2.89 bits per heavy atom. The zero-order chi connectivity index (χ0) is 13.7. The third kappa shape index (κ3) is 3.89. The second kappa shape index (κ2) is 6.47. The zero-order valence-corrected chi connectivity index (χ0v) is 11.4. The van der Waals surface area contributed by atoms with Crippen molar-refractivity contribution in [1.29, 1.82) is 0 Å². The fourth-order valence-corrected chi connectivity index (χ4v) is 1.80. The summed E-state index contributed by atoms with van der Waals surface area (Å²) in [5, 5.41) is 11.8. The maximum absolute atomic E-state index is 12.1. The summed E-state index contributed by atoms with van der Waals surface area (Å²) in [6, 6.07) is 2.28. The molecule has 2 aromatic rings. The molecule has 0 aliphatic rings. The van der Waals surface area contributed by atoms with Gasteiger partial charge >= 0.3 is 0 Å². The van der Waals surface area contributed by atoms with E-state index in [2.05, 4.69) is 29.4 Å². The Kier molecular flexibility index (Phi) is 4.68. The van der Waals surface area contributed by atoms with Gasteiger partial charge in [-0.25, -0.2) is 4.39 Å². The van der Waals surface area contributed by atoms with Crippen LogP contribution >= 0.6 is 0 Å². The number of nitrogens with one attached hydrogen (secondary N) is 1. The van der Waals surface area contributed by atoms with Gasteiger partial charge in [-0.2, -0.15) is 10.2 Å². The van der Waals surface area contributed by atoms with E-state index in [-0.39, 0.29) is 6.67 Å². The lowest BCUT2D eigenvalue weighted by atomic mass is 10.3. The largest absolute Gasteiger partial charge is 0.307 e. The van der Waals surface area contributed by atoms with E-state index < -0.39 is 0 Å². The Morgan fingerprint density at radius 1 is 1.37 bits per heavy atom. The lowest BCUT2D eigenvalue weighted by Gasteiger charge is -2.03. The molecule has 0 bridgehead atoms. The van der Waals surface area contributed by atoms with Crippen molar-refractivity contribution in [1.82, 2.24) is 24.9 Å². The molecule has 0 amide bonds. The van der Waals surface area contributed by atoms with Crippen molar-refractivity contribution in [3.8, 4) is 0 Å². The highest BCUT2D eigenvalue weighted by Crippen LogP contribution is 2.05. The highest BCUT2D eigenvalue weighted by atomic mass is 19.1. The molecule has 0 saturated heterocycles. The van der Waals surface area contributed by atoms with Crippen LogP contribution in [0, 0.1) is 0 Å². The lowest BCUT2D eigenvalue weighted by Crippen LogP contribution is -2.13. The molecule has 0 spiro atoms. The third-order valence-electron chi connectivity index (χ3n) is 2.83. The highest BCUT2D eigenvalue weighted by molar-refractivity contribution is 5.05. The summed E-state index contributed by atoms with van der Waals surface area (Å²) in [5.41, 5.74) is 2.07.